The maximum atomic E-state index is 6.10. The lowest BCUT2D eigenvalue weighted by Gasteiger charge is -2.10. The topological polar surface area (TPSA) is 49.8 Å². The molecule has 1 aromatic heterocycles. The average Bonchev–Trinajstić information content (AvgIpc) is 2.44. The van der Waals surface area contributed by atoms with E-state index in [9.17, 15) is 0 Å². The van der Waals surface area contributed by atoms with E-state index < -0.39 is 0 Å². The van der Waals surface area contributed by atoms with Crippen LogP contribution in [0.1, 0.15) is 13.3 Å². The zero-order valence-electron chi connectivity index (χ0n) is 10.8. The molecule has 0 saturated heterocycles. The predicted octanol–water partition coefficient (Wildman–Crippen LogP) is 5.11. The number of halogens is 3. The van der Waals surface area contributed by atoms with Gasteiger partial charge >= 0.3 is 0 Å². The van der Waals surface area contributed by atoms with Crippen LogP contribution in [0.3, 0.4) is 0 Å². The van der Waals surface area contributed by atoms with Gasteiger partial charge < -0.3 is 10.6 Å². The normalized spacial score (nSPS) is 10.4. The molecule has 0 radical (unpaired) electrons. The van der Waals surface area contributed by atoms with Crippen molar-refractivity contribution in [2.45, 2.75) is 13.3 Å². The van der Waals surface area contributed by atoms with E-state index in [0.29, 0.717) is 21.8 Å². The highest BCUT2D eigenvalue weighted by atomic mass is 79.9. The van der Waals surface area contributed by atoms with Gasteiger partial charge in [0.2, 0.25) is 5.95 Å². The summed E-state index contributed by atoms with van der Waals surface area (Å²) < 4.78 is 0.804. The number of rotatable bonds is 5. The number of hydrogen-bond acceptors (Lipinski definition) is 4. The summed E-state index contributed by atoms with van der Waals surface area (Å²) in [5, 5.41) is 7.37. The van der Waals surface area contributed by atoms with E-state index >= 15 is 0 Å². The van der Waals surface area contributed by atoms with Gasteiger partial charge in [0.1, 0.15) is 5.02 Å². The molecular formula is C13H13BrCl2N4. The molecule has 1 aromatic carbocycles. The summed E-state index contributed by atoms with van der Waals surface area (Å²) in [7, 11) is 0. The van der Waals surface area contributed by atoms with Gasteiger partial charge in [-0.05, 0) is 40.5 Å². The first kappa shape index (κ1) is 15.4. The number of benzene rings is 1. The first-order valence-electron chi connectivity index (χ1n) is 6.08. The van der Waals surface area contributed by atoms with Crippen LogP contribution in [0.25, 0.3) is 0 Å². The van der Waals surface area contributed by atoms with E-state index in [0.717, 1.165) is 23.1 Å². The van der Waals surface area contributed by atoms with Crippen molar-refractivity contribution >= 4 is 56.6 Å². The molecule has 7 heteroatoms. The molecule has 0 bridgehead atoms. The lowest BCUT2D eigenvalue weighted by atomic mass is 10.3. The molecule has 2 N–H and O–H groups in total. The molecule has 0 aliphatic heterocycles. The highest BCUT2D eigenvalue weighted by molar-refractivity contribution is 9.10. The summed E-state index contributed by atoms with van der Waals surface area (Å²) in [6.07, 6.45) is 2.57. The van der Waals surface area contributed by atoms with Crippen molar-refractivity contribution in [3.05, 3.63) is 38.9 Å². The molecule has 0 atom stereocenters. The highest BCUT2D eigenvalue weighted by Gasteiger charge is 2.07. The van der Waals surface area contributed by atoms with Gasteiger partial charge in [-0.15, -0.1) is 0 Å². The number of nitrogens with zero attached hydrogens (tertiary/aromatic N) is 2. The molecule has 0 aliphatic carbocycles. The van der Waals surface area contributed by atoms with E-state index in [-0.39, 0.29) is 0 Å². The molecule has 0 spiro atoms. The Morgan fingerprint density at radius 3 is 2.75 bits per heavy atom. The van der Waals surface area contributed by atoms with E-state index in [2.05, 4.69) is 43.5 Å². The molecule has 20 heavy (non-hydrogen) atoms. The Balaban J connectivity index is 2.20. The quantitative estimate of drug-likeness (QED) is 0.762. The third kappa shape index (κ3) is 3.98. The third-order valence-corrected chi connectivity index (χ3v) is 3.95. The van der Waals surface area contributed by atoms with Gasteiger partial charge in [-0.3, -0.25) is 0 Å². The van der Waals surface area contributed by atoms with Crippen molar-refractivity contribution in [3.8, 4) is 0 Å². The van der Waals surface area contributed by atoms with Crippen LogP contribution < -0.4 is 10.6 Å². The molecule has 106 valence electrons. The van der Waals surface area contributed by atoms with Crippen LogP contribution in [0.2, 0.25) is 10.0 Å². The first-order valence-corrected chi connectivity index (χ1v) is 7.63. The van der Waals surface area contributed by atoms with E-state index in [4.69, 9.17) is 23.2 Å². The van der Waals surface area contributed by atoms with Gasteiger partial charge in [-0.25, -0.2) is 4.98 Å². The van der Waals surface area contributed by atoms with E-state index in [1.54, 1.807) is 12.3 Å². The Bertz CT molecular complexity index is 607. The van der Waals surface area contributed by atoms with Crippen molar-refractivity contribution in [2.75, 3.05) is 17.2 Å². The molecule has 0 fully saturated rings. The summed E-state index contributed by atoms with van der Waals surface area (Å²) in [6.45, 7) is 2.89. The Kier molecular flexibility index (Phi) is 5.46. The summed E-state index contributed by atoms with van der Waals surface area (Å²) in [5.41, 5.74) is 0.836. The van der Waals surface area contributed by atoms with Crippen molar-refractivity contribution in [1.82, 2.24) is 9.97 Å². The molecule has 4 nitrogen and oxygen atoms in total. The second-order valence-corrected chi connectivity index (χ2v) is 5.74. The Morgan fingerprint density at radius 2 is 2.05 bits per heavy atom. The fourth-order valence-corrected chi connectivity index (χ4v) is 2.12. The average molecular weight is 376 g/mol. The molecule has 0 unspecified atom stereocenters. The number of aromatic nitrogens is 2. The third-order valence-electron chi connectivity index (χ3n) is 2.46. The van der Waals surface area contributed by atoms with Crippen LogP contribution in [-0.4, -0.2) is 16.5 Å². The second kappa shape index (κ2) is 7.11. The first-order chi connectivity index (χ1) is 9.60. The van der Waals surface area contributed by atoms with Crippen molar-refractivity contribution < 1.29 is 0 Å². The van der Waals surface area contributed by atoms with Crippen LogP contribution in [0.15, 0.2) is 28.9 Å². The van der Waals surface area contributed by atoms with Gasteiger partial charge in [0, 0.05) is 16.7 Å². The fraction of sp³-hybridized carbons (Fsp3) is 0.231. The Morgan fingerprint density at radius 1 is 1.25 bits per heavy atom. The van der Waals surface area contributed by atoms with Crippen molar-refractivity contribution in [2.24, 2.45) is 0 Å². The predicted molar refractivity (Wildman–Crippen MR) is 88.3 cm³/mol. The van der Waals surface area contributed by atoms with Crippen LogP contribution >= 0.6 is 39.1 Å². The largest absolute Gasteiger partial charge is 0.354 e. The lowest BCUT2D eigenvalue weighted by molar-refractivity contribution is 0.953. The summed E-state index contributed by atoms with van der Waals surface area (Å²) in [5.74, 6) is 1.10. The SMILES string of the molecule is CCCNc1ncc(Cl)c(Nc2ccc(Cl)c(Br)c2)n1. The zero-order valence-corrected chi connectivity index (χ0v) is 13.8. The zero-order chi connectivity index (χ0) is 14.5. The second-order valence-electron chi connectivity index (χ2n) is 4.07. The monoisotopic (exact) mass is 374 g/mol. The summed E-state index contributed by atoms with van der Waals surface area (Å²) in [4.78, 5) is 8.47. The smallest absolute Gasteiger partial charge is 0.224 e. The summed E-state index contributed by atoms with van der Waals surface area (Å²) >= 11 is 15.4. The van der Waals surface area contributed by atoms with E-state index in [1.807, 2.05) is 12.1 Å². The number of anilines is 3. The number of hydrogen-bond donors (Lipinski definition) is 2. The Labute approximate surface area is 136 Å². The molecule has 0 amide bonds. The maximum Gasteiger partial charge on any atom is 0.224 e. The van der Waals surface area contributed by atoms with Crippen LogP contribution in [0, 0.1) is 0 Å². The minimum atomic E-state index is 0.457. The molecule has 2 aromatic rings. The molecule has 2 rings (SSSR count). The van der Waals surface area contributed by atoms with Gasteiger partial charge in [-0.1, -0.05) is 30.1 Å². The van der Waals surface area contributed by atoms with E-state index in [1.165, 1.54) is 0 Å². The molecule has 0 saturated carbocycles. The molecule has 1 heterocycles. The van der Waals surface area contributed by atoms with Crippen LogP contribution in [-0.2, 0) is 0 Å². The van der Waals surface area contributed by atoms with Crippen LogP contribution in [0.5, 0.6) is 0 Å². The minimum absolute atomic E-state index is 0.457. The fourth-order valence-electron chi connectivity index (χ4n) is 1.49. The standard InChI is InChI=1S/C13H13BrCl2N4/c1-2-5-17-13-18-7-11(16)12(20-13)19-8-3-4-10(15)9(14)6-8/h3-4,6-7H,2,5H2,1H3,(H2,17,18,19,20). The van der Waals surface area contributed by atoms with Gasteiger partial charge in [-0.2, -0.15) is 4.98 Å². The van der Waals surface area contributed by atoms with Crippen LogP contribution in [0.4, 0.5) is 17.5 Å². The molecular weight excluding hydrogens is 363 g/mol. The highest BCUT2D eigenvalue weighted by Crippen LogP contribution is 2.29. The number of nitrogens with one attached hydrogen (secondary N) is 2. The van der Waals surface area contributed by atoms with Crippen molar-refractivity contribution in [3.63, 3.8) is 0 Å². The van der Waals surface area contributed by atoms with Gasteiger partial charge in [0.05, 0.1) is 11.2 Å². The Hall–Kier alpha value is -1.04. The maximum absolute atomic E-state index is 6.10. The summed E-state index contributed by atoms with van der Waals surface area (Å²) in [6, 6.07) is 5.50. The minimum Gasteiger partial charge on any atom is -0.354 e. The van der Waals surface area contributed by atoms with Gasteiger partial charge in [0.15, 0.2) is 5.82 Å². The lowest BCUT2D eigenvalue weighted by Crippen LogP contribution is -2.06. The van der Waals surface area contributed by atoms with Gasteiger partial charge in [0.25, 0.3) is 0 Å². The molecule has 0 aliphatic rings. The van der Waals surface area contributed by atoms with Crippen molar-refractivity contribution in [1.29, 1.82) is 0 Å².